The zero-order chi connectivity index (χ0) is 12.1. The van der Waals surface area contributed by atoms with Crippen LogP contribution in [0.15, 0.2) is 24.3 Å². The van der Waals surface area contributed by atoms with Gasteiger partial charge in [-0.15, -0.1) is 0 Å². The SMILES string of the molecule is O=C1CC2C3CCN(CC3)C2Cc2ccccc21. The van der Waals surface area contributed by atoms with Gasteiger partial charge in [0.15, 0.2) is 5.78 Å². The van der Waals surface area contributed by atoms with E-state index in [2.05, 4.69) is 17.0 Å². The second-order valence-corrected chi connectivity index (χ2v) is 6.09. The van der Waals surface area contributed by atoms with Gasteiger partial charge >= 0.3 is 0 Å². The van der Waals surface area contributed by atoms with Gasteiger partial charge in [0.1, 0.15) is 0 Å². The Bertz CT molecular complexity index is 488. The maximum absolute atomic E-state index is 12.4. The van der Waals surface area contributed by atoms with Crippen molar-refractivity contribution in [3.8, 4) is 0 Å². The Morgan fingerprint density at radius 3 is 2.67 bits per heavy atom. The second kappa shape index (κ2) is 3.92. The summed E-state index contributed by atoms with van der Waals surface area (Å²) in [7, 11) is 0. The fourth-order valence-corrected chi connectivity index (χ4v) is 4.37. The van der Waals surface area contributed by atoms with Crippen molar-refractivity contribution in [2.24, 2.45) is 11.8 Å². The number of fused-ring (bicyclic) bond motifs is 3. The third-order valence-corrected chi connectivity index (χ3v) is 5.31. The molecule has 3 saturated heterocycles. The van der Waals surface area contributed by atoms with Gasteiger partial charge in [-0.2, -0.15) is 0 Å². The lowest BCUT2D eigenvalue weighted by molar-refractivity contribution is -0.00938. The van der Waals surface area contributed by atoms with Crippen LogP contribution in [0.2, 0.25) is 0 Å². The highest BCUT2D eigenvalue weighted by Gasteiger charge is 2.44. The fraction of sp³-hybridized carbons (Fsp3) is 0.562. The highest BCUT2D eigenvalue weighted by atomic mass is 16.1. The summed E-state index contributed by atoms with van der Waals surface area (Å²) in [5.41, 5.74) is 2.27. The van der Waals surface area contributed by atoms with Crippen molar-refractivity contribution in [1.29, 1.82) is 0 Å². The van der Waals surface area contributed by atoms with Crippen LogP contribution >= 0.6 is 0 Å². The molecule has 3 aliphatic heterocycles. The van der Waals surface area contributed by atoms with Crippen LogP contribution in [0.1, 0.15) is 35.2 Å². The molecule has 0 spiro atoms. The van der Waals surface area contributed by atoms with Crippen molar-refractivity contribution in [1.82, 2.24) is 4.90 Å². The smallest absolute Gasteiger partial charge is 0.163 e. The van der Waals surface area contributed by atoms with E-state index in [0.29, 0.717) is 17.7 Å². The molecule has 0 aromatic heterocycles. The molecular formula is C16H19NO. The number of piperidine rings is 3. The standard InChI is InChI=1S/C16H19NO/c18-16-10-14-11-5-7-17(8-6-11)15(14)9-12-3-1-2-4-13(12)16/h1-4,11,14-15H,5-10H2. The number of carbonyl (C=O) groups excluding carboxylic acids is 1. The Morgan fingerprint density at radius 1 is 1.06 bits per heavy atom. The molecule has 0 amide bonds. The Kier molecular flexibility index (Phi) is 2.34. The van der Waals surface area contributed by atoms with E-state index in [0.717, 1.165) is 24.3 Å². The molecule has 2 atom stereocenters. The molecule has 94 valence electrons. The van der Waals surface area contributed by atoms with Gasteiger partial charge in [-0.3, -0.25) is 9.69 Å². The lowest BCUT2D eigenvalue weighted by Gasteiger charge is -2.50. The first-order valence-electron chi connectivity index (χ1n) is 7.18. The molecule has 1 aromatic rings. The summed E-state index contributed by atoms with van der Waals surface area (Å²) in [6.45, 7) is 2.50. The molecule has 18 heavy (non-hydrogen) atoms. The van der Waals surface area contributed by atoms with Crippen LogP contribution in [-0.2, 0) is 6.42 Å². The number of carbonyl (C=O) groups is 1. The third kappa shape index (κ3) is 1.48. The first kappa shape index (κ1) is 10.7. The maximum Gasteiger partial charge on any atom is 0.163 e. The summed E-state index contributed by atoms with van der Waals surface area (Å²) in [6.07, 6.45) is 4.49. The van der Waals surface area contributed by atoms with Gasteiger partial charge in [-0.25, -0.2) is 0 Å². The number of nitrogens with zero attached hydrogens (tertiary/aromatic N) is 1. The Hall–Kier alpha value is -1.15. The number of hydrogen-bond acceptors (Lipinski definition) is 2. The normalized spacial score (nSPS) is 37.9. The zero-order valence-corrected chi connectivity index (χ0v) is 10.6. The monoisotopic (exact) mass is 241 g/mol. The van der Waals surface area contributed by atoms with Gasteiger partial charge in [-0.05, 0) is 49.8 Å². The van der Waals surface area contributed by atoms with Crippen molar-refractivity contribution < 1.29 is 4.79 Å². The summed E-state index contributed by atoms with van der Waals surface area (Å²) in [5.74, 6) is 1.80. The Morgan fingerprint density at radius 2 is 1.83 bits per heavy atom. The predicted octanol–water partition coefficient (Wildman–Crippen LogP) is 2.53. The molecule has 1 aliphatic carbocycles. The molecule has 2 unspecified atom stereocenters. The highest BCUT2D eigenvalue weighted by molar-refractivity contribution is 5.98. The minimum absolute atomic E-state index is 0.381. The molecule has 3 fully saturated rings. The lowest BCUT2D eigenvalue weighted by Crippen LogP contribution is -2.55. The summed E-state index contributed by atoms with van der Waals surface area (Å²) in [4.78, 5) is 15.1. The van der Waals surface area contributed by atoms with E-state index in [4.69, 9.17) is 0 Å². The van der Waals surface area contributed by atoms with Gasteiger partial charge in [0.25, 0.3) is 0 Å². The first-order chi connectivity index (χ1) is 8.83. The summed E-state index contributed by atoms with van der Waals surface area (Å²) >= 11 is 0. The van der Waals surface area contributed by atoms with Crippen molar-refractivity contribution in [3.63, 3.8) is 0 Å². The molecule has 0 saturated carbocycles. The number of ketones is 1. The maximum atomic E-state index is 12.4. The van der Waals surface area contributed by atoms with Gasteiger partial charge < -0.3 is 0 Å². The highest BCUT2D eigenvalue weighted by Crippen LogP contribution is 2.42. The minimum Gasteiger partial charge on any atom is -0.300 e. The van der Waals surface area contributed by atoms with Crippen molar-refractivity contribution in [2.45, 2.75) is 31.7 Å². The molecule has 2 heteroatoms. The van der Waals surface area contributed by atoms with E-state index in [1.54, 1.807) is 0 Å². The minimum atomic E-state index is 0.381. The van der Waals surface area contributed by atoms with E-state index in [-0.39, 0.29) is 0 Å². The average Bonchev–Trinajstić information content (AvgIpc) is 2.58. The quantitative estimate of drug-likeness (QED) is 0.695. The number of rotatable bonds is 0. The third-order valence-electron chi connectivity index (χ3n) is 5.31. The zero-order valence-electron chi connectivity index (χ0n) is 10.6. The molecule has 1 aromatic carbocycles. The van der Waals surface area contributed by atoms with Gasteiger partial charge in [0, 0.05) is 18.0 Å². The van der Waals surface area contributed by atoms with Gasteiger partial charge in [-0.1, -0.05) is 24.3 Å². The molecule has 0 N–H and O–H groups in total. The van der Waals surface area contributed by atoms with E-state index in [1.165, 1.54) is 31.5 Å². The Balaban J connectivity index is 1.76. The predicted molar refractivity (Wildman–Crippen MR) is 70.7 cm³/mol. The van der Waals surface area contributed by atoms with Crippen LogP contribution in [0.5, 0.6) is 0 Å². The van der Waals surface area contributed by atoms with Crippen LogP contribution in [0.25, 0.3) is 0 Å². The number of benzene rings is 1. The molecule has 2 nitrogen and oxygen atoms in total. The molecule has 3 heterocycles. The van der Waals surface area contributed by atoms with E-state index >= 15 is 0 Å². The van der Waals surface area contributed by atoms with Crippen LogP contribution in [-0.4, -0.2) is 29.8 Å². The van der Waals surface area contributed by atoms with E-state index in [1.807, 2.05) is 12.1 Å². The van der Waals surface area contributed by atoms with Crippen molar-refractivity contribution in [3.05, 3.63) is 35.4 Å². The lowest BCUT2D eigenvalue weighted by atomic mass is 9.71. The molecule has 2 bridgehead atoms. The van der Waals surface area contributed by atoms with Crippen LogP contribution in [0, 0.1) is 11.8 Å². The van der Waals surface area contributed by atoms with Crippen LogP contribution in [0.4, 0.5) is 0 Å². The fourth-order valence-electron chi connectivity index (χ4n) is 4.37. The molecule has 5 rings (SSSR count). The average molecular weight is 241 g/mol. The van der Waals surface area contributed by atoms with Crippen LogP contribution < -0.4 is 0 Å². The topological polar surface area (TPSA) is 20.3 Å². The largest absolute Gasteiger partial charge is 0.300 e. The summed E-state index contributed by atoms with van der Waals surface area (Å²) in [6, 6.07) is 8.87. The van der Waals surface area contributed by atoms with E-state index < -0.39 is 0 Å². The Labute approximate surface area is 108 Å². The van der Waals surface area contributed by atoms with Gasteiger partial charge in [0.2, 0.25) is 0 Å². The van der Waals surface area contributed by atoms with Crippen LogP contribution in [0.3, 0.4) is 0 Å². The number of hydrogen-bond donors (Lipinski definition) is 0. The van der Waals surface area contributed by atoms with Crippen molar-refractivity contribution in [2.75, 3.05) is 13.1 Å². The van der Waals surface area contributed by atoms with Crippen molar-refractivity contribution >= 4 is 5.78 Å². The molecule has 4 aliphatic rings. The van der Waals surface area contributed by atoms with Gasteiger partial charge in [0.05, 0.1) is 0 Å². The molecular weight excluding hydrogens is 222 g/mol. The molecule has 0 radical (unpaired) electrons. The second-order valence-electron chi connectivity index (χ2n) is 6.09. The number of Topliss-reactive ketones (excluding diaryl/α,β-unsaturated/α-hetero) is 1. The summed E-state index contributed by atoms with van der Waals surface area (Å²) in [5, 5.41) is 0. The van der Waals surface area contributed by atoms with E-state index in [9.17, 15) is 4.79 Å². The first-order valence-corrected chi connectivity index (χ1v) is 7.18. The summed E-state index contributed by atoms with van der Waals surface area (Å²) < 4.78 is 0.